The molecule has 2 saturated heterocycles. The third-order valence-corrected chi connectivity index (χ3v) is 5.40. The summed E-state index contributed by atoms with van der Waals surface area (Å²) in [5.41, 5.74) is 1.15. The van der Waals surface area contributed by atoms with Gasteiger partial charge in [0.25, 0.3) is 5.56 Å². The maximum Gasteiger partial charge on any atom is 0.255 e. The van der Waals surface area contributed by atoms with E-state index < -0.39 is 0 Å². The van der Waals surface area contributed by atoms with Crippen molar-refractivity contribution in [2.45, 2.75) is 18.5 Å². The average molecular weight is 361 g/mol. The summed E-state index contributed by atoms with van der Waals surface area (Å²) >= 11 is 0. The summed E-state index contributed by atoms with van der Waals surface area (Å²) < 4.78 is 1.62. The lowest BCUT2D eigenvalue weighted by Gasteiger charge is -2.36. The SMILES string of the molecule is Cn1c(N2CC3C[C@H]2CN3c2ccccn2)nc(-c2ccncn2)cc1=O. The van der Waals surface area contributed by atoms with Gasteiger partial charge in [-0.25, -0.2) is 19.9 Å². The highest BCUT2D eigenvalue weighted by molar-refractivity contribution is 5.57. The fraction of sp³-hybridized carbons (Fsp3) is 0.316. The summed E-state index contributed by atoms with van der Waals surface area (Å²) in [6, 6.07) is 9.99. The van der Waals surface area contributed by atoms with Crippen LogP contribution in [0.15, 0.2) is 53.8 Å². The molecule has 0 saturated carbocycles. The van der Waals surface area contributed by atoms with Crippen LogP contribution in [-0.2, 0) is 7.05 Å². The minimum absolute atomic E-state index is 0.0852. The molecule has 0 N–H and O–H groups in total. The first-order chi connectivity index (χ1) is 13.2. The van der Waals surface area contributed by atoms with Gasteiger partial charge in [-0.05, 0) is 24.6 Å². The molecular formula is C19H19N7O. The lowest BCUT2D eigenvalue weighted by molar-refractivity contribution is 0.610. The number of hydrogen-bond acceptors (Lipinski definition) is 7. The fourth-order valence-corrected chi connectivity index (χ4v) is 4.07. The van der Waals surface area contributed by atoms with E-state index in [0.29, 0.717) is 29.4 Å². The molecule has 8 heteroatoms. The average Bonchev–Trinajstić information content (AvgIpc) is 3.32. The molecule has 0 aliphatic carbocycles. The first kappa shape index (κ1) is 15.9. The van der Waals surface area contributed by atoms with Crippen LogP contribution in [0.1, 0.15) is 6.42 Å². The Balaban J connectivity index is 1.47. The molecule has 27 heavy (non-hydrogen) atoms. The highest BCUT2D eigenvalue weighted by Crippen LogP contribution is 2.35. The number of anilines is 2. The van der Waals surface area contributed by atoms with E-state index in [4.69, 9.17) is 4.98 Å². The van der Waals surface area contributed by atoms with Crippen molar-refractivity contribution >= 4 is 11.8 Å². The summed E-state index contributed by atoms with van der Waals surface area (Å²) in [6.45, 7) is 1.71. The number of nitrogens with zero attached hydrogens (tertiary/aromatic N) is 7. The highest BCUT2D eigenvalue weighted by atomic mass is 16.1. The van der Waals surface area contributed by atoms with E-state index in [-0.39, 0.29) is 5.56 Å². The first-order valence-corrected chi connectivity index (χ1v) is 8.99. The van der Waals surface area contributed by atoms with E-state index in [1.54, 1.807) is 23.9 Å². The molecule has 3 aromatic rings. The van der Waals surface area contributed by atoms with Crippen molar-refractivity contribution in [3.05, 3.63) is 59.4 Å². The molecule has 5 rings (SSSR count). The molecule has 2 atom stereocenters. The number of pyridine rings is 1. The van der Waals surface area contributed by atoms with Gasteiger partial charge < -0.3 is 9.80 Å². The van der Waals surface area contributed by atoms with Crippen molar-refractivity contribution in [3.63, 3.8) is 0 Å². The maximum atomic E-state index is 12.5. The molecule has 0 spiro atoms. The van der Waals surface area contributed by atoms with Crippen molar-refractivity contribution in [1.29, 1.82) is 0 Å². The lowest BCUT2D eigenvalue weighted by atomic mass is 10.2. The standard InChI is InChI=1S/C19H19N7O/c1-24-18(27)9-16(15-5-7-20-12-22-15)23-19(24)26-11-13-8-14(26)10-25(13)17-4-2-3-6-21-17/h2-7,9,12-14H,8,10-11H2,1H3/t13?,14-/m0/s1. The van der Waals surface area contributed by atoms with Crippen LogP contribution in [0.2, 0.25) is 0 Å². The number of rotatable bonds is 3. The van der Waals surface area contributed by atoms with Crippen molar-refractivity contribution in [2.24, 2.45) is 7.05 Å². The predicted octanol–water partition coefficient (Wildman–Crippen LogP) is 1.10. The smallest absolute Gasteiger partial charge is 0.255 e. The van der Waals surface area contributed by atoms with Crippen LogP contribution in [0.5, 0.6) is 0 Å². The third-order valence-electron chi connectivity index (χ3n) is 5.40. The lowest BCUT2D eigenvalue weighted by Crippen LogP contribution is -2.48. The van der Waals surface area contributed by atoms with Crippen molar-refractivity contribution < 1.29 is 0 Å². The van der Waals surface area contributed by atoms with Crippen LogP contribution in [0.4, 0.5) is 11.8 Å². The molecule has 0 radical (unpaired) electrons. The second-order valence-electron chi connectivity index (χ2n) is 6.97. The van der Waals surface area contributed by atoms with Gasteiger partial charge in [-0.15, -0.1) is 0 Å². The van der Waals surface area contributed by atoms with Crippen molar-refractivity contribution in [1.82, 2.24) is 24.5 Å². The van der Waals surface area contributed by atoms with Crippen LogP contribution >= 0.6 is 0 Å². The quantitative estimate of drug-likeness (QED) is 0.691. The number of hydrogen-bond donors (Lipinski definition) is 0. The Morgan fingerprint density at radius 1 is 1.00 bits per heavy atom. The van der Waals surface area contributed by atoms with E-state index in [0.717, 1.165) is 25.3 Å². The number of piperazine rings is 1. The van der Waals surface area contributed by atoms with Gasteiger partial charge in [0.15, 0.2) is 0 Å². The second-order valence-corrected chi connectivity index (χ2v) is 6.97. The van der Waals surface area contributed by atoms with Crippen LogP contribution in [0.25, 0.3) is 11.4 Å². The minimum Gasteiger partial charge on any atom is -0.350 e. The van der Waals surface area contributed by atoms with Gasteiger partial charge in [0.05, 0.1) is 23.5 Å². The van der Waals surface area contributed by atoms with Gasteiger partial charge in [0.1, 0.15) is 12.1 Å². The van der Waals surface area contributed by atoms with Gasteiger partial charge in [0.2, 0.25) is 5.95 Å². The molecule has 1 unspecified atom stereocenters. The van der Waals surface area contributed by atoms with Crippen LogP contribution in [0.3, 0.4) is 0 Å². The molecular weight excluding hydrogens is 342 g/mol. The zero-order chi connectivity index (χ0) is 18.4. The summed E-state index contributed by atoms with van der Waals surface area (Å²) in [5, 5.41) is 0. The summed E-state index contributed by atoms with van der Waals surface area (Å²) in [4.78, 5) is 34.5. The van der Waals surface area contributed by atoms with Gasteiger partial charge in [-0.3, -0.25) is 9.36 Å². The zero-order valence-corrected chi connectivity index (χ0v) is 14.9. The first-order valence-electron chi connectivity index (χ1n) is 8.99. The summed E-state index contributed by atoms with van der Waals surface area (Å²) in [6.07, 6.45) is 6.00. The molecule has 8 nitrogen and oxygen atoms in total. The molecule has 2 aliphatic heterocycles. The molecule has 5 heterocycles. The topological polar surface area (TPSA) is 80.0 Å². The van der Waals surface area contributed by atoms with Gasteiger partial charge in [-0.2, -0.15) is 0 Å². The van der Waals surface area contributed by atoms with Crippen LogP contribution in [-0.4, -0.2) is 49.7 Å². The molecule has 2 bridgehead atoms. The van der Waals surface area contributed by atoms with E-state index in [9.17, 15) is 4.79 Å². The van der Waals surface area contributed by atoms with Crippen LogP contribution < -0.4 is 15.4 Å². The van der Waals surface area contributed by atoms with Gasteiger partial charge >= 0.3 is 0 Å². The van der Waals surface area contributed by atoms with Gasteiger partial charge in [-0.1, -0.05) is 6.07 Å². The monoisotopic (exact) mass is 361 g/mol. The van der Waals surface area contributed by atoms with E-state index in [1.807, 2.05) is 18.3 Å². The Kier molecular flexibility index (Phi) is 3.63. The predicted molar refractivity (Wildman–Crippen MR) is 102 cm³/mol. The summed E-state index contributed by atoms with van der Waals surface area (Å²) in [5.74, 6) is 1.71. The molecule has 2 fully saturated rings. The Morgan fingerprint density at radius 3 is 2.56 bits per heavy atom. The van der Waals surface area contributed by atoms with Crippen molar-refractivity contribution in [2.75, 3.05) is 22.9 Å². The number of aromatic nitrogens is 5. The number of fused-ring (bicyclic) bond motifs is 2. The Bertz CT molecular complexity index is 1020. The third kappa shape index (κ3) is 2.64. The van der Waals surface area contributed by atoms with E-state index >= 15 is 0 Å². The molecule has 2 aliphatic rings. The Hall–Kier alpha value is -3.29. The van der Waals surface area contributed by atoms with E-state index in [2.05, 4.69) is 30.8 Å². The zero-order valence-electron chi connectivity index (χ0n) is 14.9. The Morgan fingerprint density at radius 2 is 1.85 bits per heavy atom. The normalized spacial score (nSPS) is 21.1. The fourth-order valence-electron chi connectivity index (χ4n) is 4.07. The largest absolute Gasteiger partial charge is 0.350 e. The molecule has 0 aromatic carbocycles. The summed E-state index contributed by atoms with van der Waals surface area (Å²) in [7, 11) is 1.77. The van der Waals surface area contributed by atoms with Gasteiger partial charge in [0, 0.05) is 38.6 Å². The molecule has 3 aromatic heterocycles. The second kappa shape index (κ2) is 6.15. The van der Waals surface area contributed by atoms with Crippen LogP contribution in [0, 0.1) is 0 Å². The minimum atomic E-state index is -0.0852. The molecule has 0 amide bonds. The van der Waals surface area contributed by atoms with E-state index in [1.165, 1.54) is 12.4 Å². The molecule has 136 valence electrons. The van der Waals surface area contributed by atoms with Crippen molar-refractivity contribution in [3.8, 4) is 11.4 Å². The maximum absolute atomic E-state index is 12.5. The Labute approximate surface area is 156 Å². The highest BCUT2D eigenvalue weighted by Gasteiger charge is 2.45.